The van der Waals surface area contributed by atoms with Crippen molar-refractivity contribution in [3.63, 3.8) is 0 Å². The zero-order chi connectivity index (χ0) is 15.4. The molecule has 0 aliphatic carbocycles. The van der Waals surface area contributed by atoms with E-state index in [0.29, 0.717) is 19.5 Å². The van der Waals surface area contributed by atoms with Crippen LogP contribution in [0.1, 0.15) is 23.8 Å². The molecular weight excluding hydrogens is 300 g/mol. The molecule has 1 saturated heterocycles. The van der Waals surface area contributed by atoms with Gasteiger partial charge in [-0.15, -0.1) is 11.3 Å². The molecule has 1 unspecified atom stereocenters. The fourth-order valence-corrected chi connectivity index (χ4v) is 3.33. The highest BCUT2D eigenvalue weighted by Crippen LogP contribution is 2.26. The summed E-state index contributed by atoms with van der Waals surface area (Å²) in [5.74, 6) is -0.163. The molecule has 0 spiro atoms. The molecule has 1 aliphatic rings. The topological polar surface area (TPSA) is 66.4 Å². The van der Waals surface area contributed by atoms with Gasteiger partial charge in [0.2, 0.25) is 5.91 Å². The Hall–Kier alpha value is -2.28. The van der Waals surface area contributed by atoms with E-state index < -0.39 is 0 Å². The van der Waals surface area contributed by atoms with E-state index in [4.69, 9.17) is 0 Å². The van der Waals surface area contributed by atoms with Gasteiger partial charge in [-0.2, -0.15) is 0 Å². The Kier molecular flexibility index (Phi) is 4.43. The van der Waals surface area contributed by atoms with Crippen LogP contribution in [-0.2, 0) is 4.79 Å². The number of thiophene rings is 1. The Bertz CT molecular complexity index is 590. The third kappa shape index (κ3) is 3.30. The maximum atomic E-state index is 12.3. The van der Waals surface area contributed by atoms with Gasteiger partial charge in [0.1, 0.15) is 0 Å². The number of carbonyl (C=O) groups excluding carboxylic acids is 2. The first-order valence-corrected chi connectivity index (χ1v) is 8.13. The zero-order valence-electron chi connectivity index (χ0n) is 12.1. The highest BCUT2D eigenvalue weighted by atomic mass is 32.1. The number of urea groups is 1. The van der Waals surface area contributed by atoms with Crippen molar-refractivity contribution in [3.05, 3.63) is 46.9 Å². The minimum atomic E-state index is -0.242. The molecule has 3 rings (SSSR count). The van der Waals surface area contributed by atoms with E-state index >= 15 is 0 Å². The summed E-state index contributed by atoms with van der Waals surface area (Å²) in [6.45, 7) is 1.21. The molecule has 1 aliphatic heterocycles. The highest BCUT2D eigenvalue weighted by molar-refractivity contribution is 7.10. The van der Waals surface area contributed by atoms with E-state index in [1.165, 1.54) is 5.01 Å². The second-order valence-electron chi connectivity index (χ2n) is 5.14. The maximum absolute atomic E-state index is 12.3. The van der Waals surface area contributed by atoms with E-state index in [-0.39, 0.29) is 18.0 Å². The Morgan fingerprint density at radius 1 is 1.36 bits per heavy atom. The van der Waals surface area contributed by atoms with Gasteiger partial charge >= 0.3 is 6.03 Å². The lowest BCUT2D eigenvalue weighted by Crippen LogP contribution is -2.55. The predicted molar refractivity (Wildman–Crippen MR) is 84.4 cm³/mol. The summed E-state index contributed by atoms with van der Waals surface area (Å²) in [6, 6.07) is 7.59. The lowest BCUT2D eigenvalue weighted by atomic mass is 10.1. The Morgan fingerprint density at radius 3 is 2.86 bits per heavy atom. The van der Waals surface area contributed by atoms with E-state index in [1.807, 2.05) is 46.6 Å². The largest absolute Gasteiger partial charge is 0.346 e. The molecule has 2 aromatic heterocycles. The van der Waals surface area contributed by atoms with Crippen LogP contribution in [0.2, 0.25) is 0 Å². The maximum Gasteiger partial charge on any atom is 0.336 e. The molecule has 0 bridgehead atoms. The Morgan fingerprint density at radius 2 is 2.18 bits per heavy atom. The molecule has 7 heteroatoms. The summed E-state index contributed by atoms with van der Waals surface area (Å²) in [5.41, 5.74) is 2.70. The Labute approximate surface area is 132 Å². The predicted octanol–water partition coefficient (Wildman–Crippen LogP) is 1.98. The first-order valence-electron chi connectivity index (χ1n) is 7.25. The molecule has 22 heavy (non-hydrogen) atoms. The smallest absolute Gasteiger partial charge is 0.336 e. The number of hydrogen-bond acceptors (Lipinski definition) is 3. The van der Waals surface area contributed by atoms with Crippen molar-refractivity contribution in [2.45, 2.75) is 18.9 Å². The van der Waals surface area contributed by atoms with Gasteiger partial charge in [0.05, 0.1) is 12.5 Å². The average molecular weight is 318 g/mol. The van der Waals surface area contributed by atoms with Crippen LogP contribution < -0.4 is 10.7 Å². The fourth-order valence-electron chi connectivity index (χ4n) is 2.50. The van der Waals surface area contributed by atoms with E-state index in [2.05, 4.69) is 10.7 Å². The van der Waals surface area contributed by atoms with Gasteiger partial charge in [-0.1, -0.05) is 6.07 Å². The normalized spacial score (nSPS) is 16.2. The van der Waals surface area contributed by atoms with Gasteiger partial charge in [0.15, 0.2) is 0 Å². The van der Waals surface area contributed by atoms with Crippen molar-refractivity contribution in [2.24, 2.45) is 0 Å². The minimum Gasteiger partial charge on any atom is -0.346 e. The van der Waals surface area contributed by atoms with E-state index in [0.717, 1.165) is 11.3 Å². The van der Waals surface area contributed by atoms with Crippen molar-refractivity contribution >= 4 is 23.3 Å². The number of carbonyl (C=O) groups is 2. The summed E-state index contributed by atoms with van der Waals surface area (Å²) in [5, 5.41) is 6.07. The lowest BCUT2D eigenvalue weighted by Gasteiger charge is -2.28. The molecule has 116 valence electrons. The van der Waals surface area contributed by atoms with Gasteiger partial charge in [0.25, 0.3) is 0 Å². The summed E-state index contributed by atoms with van der Waals surface area (Å²) >= 11 is 1.62. The van der Waals surface area contributed by atoms with Crippen LogP contribution in [0.25, 0.3) is 0 Å². The molecule has 0 aromatic carbocycles. The van der Waals surface area contributed by atoms with Crippen molar-refractivity contribution in [2.75, 3.05) is 13.1 Å². The summed E-state index contributed by atoms with van der Waals surface area (Å²) in [7, 11) is 0. The average Bonchev–Trinajstić information content (AvgIpc) is 3.21. The van der Waals surface area contributed by atoms with Gasteiger partial charge in [-0.3, -0.25) is 10.2 Å². The molecule has 0 saturated carbocycles. The lowest BCUT2D eigenvalue weighted by molar-refractivity contribution is -0.125. The molecular formula is C15H18N4O2S. The van der Waals surface area contributed by atoms with Gasteiger partial charge in [0, 0.05) is 30.4 Å². The number of nitrogens with zero attached hydrogens (tertiary/aromatic N) is 2. The second-order valence-corrected chi connectivity index (χ2v) is 6.12. The van der Waals surface area contributed by atoms with E-state index in [1.54, 1.807) is 11.3 Å². The number of nitrogens with one attached hydrogen (secondary N) is 2. The first kappa shape index (κ1) is 14.6. The molecule has 6 nitrogen and oxygen atoms in total. The second kappa shape index (κ2) is 6.65. The van der Waals surface area contributed by atoms with Crippen molar-refractivity contribution in [1.29, 1.82) is 0 Å². The van der Waals surface area contributed by atoms with Crippen molar-refractivity contribution < 1.29 is 9.59 Å². The molecule has 1 fully saturated rings. The summed E-state index contributed by atoms with van der Waals surface area (Å²) in [4.78, 5) is 25.1. The van der Waals surface area contributed by atoms with Crippen LogP contribution in [0.4, 0.5) is 4.79 Å². The number of rotatable bonds is 5. The van der Waals surface area contributed by atoms with Crippen molar-refractivity contribution in [1.82, 2.24) is 20.3 Å². The summed E-state index contributed by atoms with van der Waals surface area (Å²) < 4.78 is 2.02. The number of aromatic nitrogens is 1. The monoisotopic (exact) mass is 318 g/mol. The van der Waals surface area contributed by atoms with E-state index in [9.17, 15) is 9.59 Å². The van der Waals surface area contributed by atoms with Crippen LogP contribution >= 0.6 is 11.3 Å². The highest BCUT2D eigenvalue weighted by Gasteiger charge is 2.23. The fraction of sp³-hybridized carbons (Fsp3) is 0.333. The SMILES string of the molecule is O=C(CC(c1cccs1)n1cccc1)NN1CCCNC1=O. The molecule has 3 amide bonds. The molecule has 3 heterocycles. The minimum absolute atomic E-state index is 0.0529. The van der Waals surface area contributed by atoms with Gasteiger partial charge < -0.3 is 9.88 Å². The number of hydrazine groups is 1. The standard InChI is InChI=1S/C15H18N4O2S/c20-14(17-19-9-4-6-16-15(19)21)11-12(13-5-3-10-22-13)18-7-1-2-8-18/h1-3,5,7-8,10,12H,4,6,9,11H2,(H,16,21)(H,17,20). The van der Waals surface area contributed by atoms with Crippen LogP contribution in [0.15, 0.2) is 42.0 Å². The number of amides is 3. The quantitative estimate of drug-likeness (QED) is 0.885. The van der Waals surface area contributed by atoms with Gasteiger partial charge in [-0.25, -0.2) is 9.80 Å². The zero-order valence-corrected chi connectivity index (χ0v) is 12.9. The van der Waals surface area contributed by atoms with Gasteiger partial charge in [-0.05, 0) is 30.0 Å². The number of hydrogen-bond donors (Lipinski definition) is 2. The molecule has 0 radical (unpaired) electrons. The van der Waals surface area contributed by atoms with Crippen LogP contribution in [0.3, 0.4) is 0 Å². The van der Waals surface area contributed by atoms with Crippen LogP contribution in [0, 0.1) is 0 Å². The Balaban J connectivity index is 1.68. The van der Waals surface area contributed by atoms with Crippen LogP contribution in [-0.4, -0.2) is 34.6 Å². The molecule has 2 aromatic rings. The first-order chi connectivity index (χ1) is 10.7. The third-order valence-electron chi connectivity index (χ3n) is 3.58. The van der Waals surface area contributed by atoms with Crippen molar-refractivity contribution in [3.8, 4) is 0 Å². The third-order valence-corrected chi connectivity index (χ3v) is 4.55. The summed E-state index contributed by atoms with van der Waals surface area (Å²) in [6.07, 6.45) is 5.02. The van der Waals surface area contributed by atoms with Crippen LogP contribution in [0.5, 0.6) is 0 Å². The molecule has 1 atom stereocenters. The molecule has 2 N–H and O–H groups in total.